The summed E-state index contributed by atoms with van der Waals surface area (Å²) in [6, 6.07) is 0. The second-order valence-electron chi connectivity index (χ2n) is 4.28. The number of halogens is 1. The van der Waals surface area contributed by atoms with Crippen LogP contribution in [0.15, 0.2) is 4.47 Å². The van der Waals surface area contributed by atoms with Gasteiger partial charge < -0.3 is 4.74 Å². The molecule has 17 heavy (non-hydrogen) atoms. The van der Waals surface area contributed by atoms with Gasteiger partial charge in [-0.3, -0.25) is 4.68 Å². The van der Waals surface area contributed by atoms with Crippen molar-refractivity contribution in [2.75, 3.05) is 13.2 Å². The summed E-state index contributed by atoms with van der Waals surface area (Å²) in [6.45, 7) is 6.98. The lowest BCUT2D eigenvalue weighted by Gasteiger charge is -2.21. The van der Waals surface area contributed by atoms with Crippen LogP contribution in [0.25, 0.3) is 0 Å². The van der Waals surface area contributed by atoms with E-state index in [0.29, 0.717) is 0 Å². The molecule has 1 aromatic heterocycles. The normalized spacial score (nSPS) is 17.6. The first-order valence-corrected chi connectivity index (χ1v) is 7.97. The minimum atomic E-state index is 0.746. The number of aromatic nitrogens is 2. The van der Waals surface area contributed by atoms with E-state index in [-0.39, 0.29) is 0 Å². The molecule has 1 aliphatic rings. The van der Waals surface area contributed by atoms with E-state index in [1.165, 1.54) is 23.0 Å². The Labute approximate surface area is 115 Å². The van der Waals surface area contributed by atoms with E-state index in [0.717, 1.165) is 36.5 Å². The molecule has 1 aliphatic heterocycles. The summed E-state index contributed by atoms with van der Waals surface area (Å²) in [4.78, 5) is 0. The molecule has 2 heterocycles. The van der Waals surface area contributed by atoms with Gasteiger partial charge in [-0.2, -0.15) is 16.9 Å². The molecule has 2 rings (SSSR count). The molecule has 0 radical (unpaired) electrons. The van der Waals surface area contributed by atoms with E-state index >= 15 is 0 Å². The van der Waals surface area contributed by atoms with Crippen molar-refractivity contribution in [2.24, 2.45) is 0 Å². The SMILES string of the molecule is CCn1nc(C)c(Br)c1CSC1CCOCC1. The molecular weight excluding hydrogens is 300 g/mol. The van der Waals surface area contributed by atoms with Crippen LogP contribution in [0.4, 0.5) is 0 Å². The van der Waals surface area contributed by atoms with Crippen LogP contribution in [0.1, 0.15) is 31.2 Å². The number of hydrogen-bond acceptors (Lipinski definition) is 3. The van der Waals surface area contributed by atoms with Gasteiger partial charge in [-0.25, -0.2) is 0 Å². The van der Waals surface area contributed by atoms with Crippen LogP contribution in [0, 0.1) is 6.92 Å². The number of hydrogen-bond donors (Lipinski definition) is 0. The lowest BCUT2D eigenvalue weighted by molar-refractivity contribution is 0.1000. The quantitative estimate of drug-likeness (QED) is 0.851. The zero-order valence-corrected chi connectivity index (χ0v) is 12.8. The smallest absolute Gasteiger partial charge is 0.0739 e. The van der Waals surface area contributed by atoms with Gasteiger partial charge in [0, 0.05) is 30.8 Å². The molecule has 0 atom stereocenters. The van der Waals surface area contributed by atoms with Crippen LogP contribution in [-0.2, 0) is 17.0 Å². The van der Waals surface area contributed by atoms with Crippen molar-refractivity contribution in [3.63, 3.8) is 0 Å². The fourth-order valence-corrected chi connectivity index (χ4v) is 3.87. The number of aryl methyl sites for hydroxylation is 2. The topological polar surface area (TPSA) is 27.1 Å². The fraction of sp³-hybridized carbons (Fsp3) is 0.750. The van der Waals surface area contributed by atoms with Gasteiger partial charge in [-0.05, 0) is 42.6 Å². The van der Waals surface area contributed by atoms with Crippen molar-refractivity contribution in [3.8, 4) is 0 Å². The van der Waals surface area contributed by atoms with Gasteiger partial charge in [0.15, 0.2) is 0 Å². The highest BCUT2D eigenvalue weighted by Crippen LogP contribution is 2.30. The monoisotopic (exact) mass is 318 g/mol. The molecule has 0 spiro atoms. The summed E-state index contributed by atoms with van der Waals surface area (Å²) in [5.41, 5.74) is 2.41. The van der Waals surface area contributed by atoms with Gasteiger partial charge in [0.05, 0.1) is 15.9 Å². The Kier molecular flexibility index (Phi) is 4.94. The van der Waals surface area contributed by atoms with Crippen molar-refractivity contribution in [1.29, 1.82) is 0 Å². The number of ether oxygens (including phenoxy) is 1. The van der Waals surface area contributed by atoms with Crippen LogP contribution in [0.2, 0.25) is 0 Å². The highest BCUT2D eigenvalue weighted by molar-refractivity contribution is 9.10. The van der Waals surface area contributed by atoms with Crippen molar-refractivity contribution in [2.45, 2.75) is 44.2 Å². The zero-order valence-electron chi connectivity index (χ0n) is 10.4. The lowest BCUT2D eigenvalue weighted by Crippen LogP contribution is -2.18. The van der Waals surface area contributed by atoms with Gasteiger partial charge >= 0.3 is 0 Å². The molecule has 5 heteroatoms. The van der Waals surface area contributed by atoms with Crippen molar-refractivity contribution < 1.29 is 4.74 Å². The number of nitrogens with zero attached hydrogens (tertiary/aromatic N) is 2. The third-order valence-corrected chi connectivity index (χ3v) is 5.49. The average Bonchev–Trinajstić information content (AvgIpc) is 2.64. The highest BCUT2D eigenvalue weighted by atomic mass is 79.9. The third-order valence-electron chi connectivity index (χ3n) is 3.08. The predicted molar refractivity (Wildman–Crippen MR) is 75.5 cm³/mol. The largest absolute Gasteiger partial charge is 0.381 e. The van der Waals surface area contributed by atoms with E-state index in [9.17, 15) is 0 Å². The van der Waals surface area contributed by atoms with E-state index in [1.54, 1.807) is 0 Å². The van der Waals surface area contributed by atoms with E-state index in [4.69, 9.17) is 4.74 Å². The van der Waals surface area contributed by atoms with Crippen LogP contribution in [0.5, 0.6) is 0 Å². The van der Waals surface area contributed by atoms with Gasteiger partial charge in [-0.15, -0.1) is 0 Å². The van der Waals surface area contributed by atoms with Gasteiger partial charge in [0.2, 0.25) is 0 Å². The first-order chi connectivity index (χ1) is 8.22. The summed E-state index contributed by atoms with van der Waals surface area (Å²) in [7, 11) is 0. The predicted octanol–water partition coefficient (Wildman–Crippen LogP) is 3.39. The van der Waals surface area contributed by atoms with Crippen LogP contribution >= 0.6 is 27.7 Å². The molecule has 0 aromatic carbocycles. The number of rotatable bonds is 4. The molecule has 0 saturated carbocycles. The van der Waals surface area contributed by atoms with Crippen LogP contribution < -0.4 is 0 Å². The Morgan fingerprint density at radius 3 is 2.82 bits per heavy atom. The summed E-state index contributed by atoms with van der Waals surface area (Å²) in [5, 5.41) is 5.27. The van der Waals surface area contributed by atoms with Gasteiger partial charge in [0.1, 0.15) is 0 Å². The Morgan fingerprint density at radius 2 is 2.18 bits per heavy atom. The third kappa shape index (κ3) is 3.26. The summed E-state index contributed by atoms with van der Waals surface area (Å²) >= 11 is 5.68. The Balaban J connectivity index is 1.97. The van der Waals surface area contributed by atoms with E-state index in [2.05, 4.69) is 39.6 Å². The molecule has 1 aromatic rings. The van der Waals surface area contributed by atoms with Gasteiger partial charge in [-0.1, -0.05) is 0 Å². The van der Waals surface area contributed by atoms with E-state index in [1.807, 2.05) is 11.8 Å². The van der Waals surface area contributed by atoms with Crippen molar-refractivity contribution in [3.05, 3.63) is 15.9 Å². The van der Waals surface area contributed by atoms with Crippen LogP contribution in [-0.4, -0.2) is 28.2 Å². The molecule has 96 valence electrons. The molecule has 0 amide bonds. The lowest BCUT2D eigenvalue weighted by atomic mass is 10.2. The Morgan fingerprint density at radius 1 is 1.47 bits per heavy atom. The Hall–Kier alpha value is -0.0000000000000000763. The summed E-state index contributed by atoms with van der Waals surface area (Å²) in [5.74, 6) is 1.04. The van der Waals surface area contributed by atoms with Gasteiger partial charge in [0.25, 0.3) is 0 Å². The second kappa shape index (κ2) is 6.25. The maximum absolute atomic E-state index is 5.38. The molecule has 0 aliphatic carbocycles. The molecule has 0 N–H and O–H groups in total. The standard InChI is InChI=1S/C12H19BrN2OS/c1-3-15-11(12(13)9(2)14-15)8-17-10-4-6-16-7-5-10/h10H,3-8H2,1-2H3. The van der Waals surface area contributed by atoms with E-state index < -0.39 is 0 Å². The summed E-state index contributed by atoms with van der Waals surface area (Å²) in [6.07, 6.45) is 2.36. The van der Waals surface area contributed by atoms with Crippen molar-refractivity contribution in [1.82, 2.24) is 9.78 Å². The maximum Gasteiger partial charge on any atom is 0.0739 e. The first-order valence-electron chi connectivity index (χ1n) is 6.13. The molecular formula is C12H19BrN2OS. The molecule has 3 nitrogen and oxygen atoms in total. The Bertz CT molecular complexity index is 375. The molecule has 1 fully saturated rings. The maximum atomic E-state index is 5.38. The fourth-order valence-electron chi connectivity index (χ4n) is 2.05. The summed E-state index contributed by atoms with van der Waals surface area (Å²) < 4.78 is 8.67. The highest BCUT2D eigenvalue weighted by Gasteiger charge is 2.17. The number of thioether (sulfide) groups is 1. The first kappa shape index (κ1) is 13.4. The second-order valence-corrected chi connectivity index (χ2v) is 6.37. The molecule has 0 bridgehead atoms. The molecule has 0 unspecified atom stereocenters. The molecule has 1 saturated heterocycles. The average molecular weight is 319 g/mol. The van der Waals surface area contributed by atoms with Crippen LogP contribution in [0.3, 0.4) is 0 Å². The van der Waals surface area contributed by atoms with Crippen molar-refractivity contribution >= 4 is 27.7 Å². The minimum Gasteiger partial charge on any atom is -0.381 e. The zero-order chi connectivity index (χ0) is 12.3. The minimum absolute atomic E-state index is 0.746.